The molecule has 3 heterocycles. The van der Waals surface area contributed by atoms with Crippen LogP contribution in [0.1, 0.15) is 57.6 Å². The molecule has 0 spiro atoms. The molecule has 146 valence electrons. The van der Waals surface area contributed by atoms with Gasteiger partial charge in [0.15, 0.2) is 0 Å². The van der Waals surface area contributed by atoms with Crippen molar-refractivity contribution in [3.05, 3.63) is 18.1 Å². The molecule has 1 saturated heterocycles. The van der Waals surface area contributed by atoms with E-state index in [1.807, 2.05) is 9.30 Å². The van der Waals surface area contributed by atoms with Gasteiger partial charge in [-0.05, 0) is 18.8 Å². The summed E-state index contributed by atoms with van der Waals surface area (Å²) >= 11 is 0. The number of nitrogens with zero attached hydrogens (tertiary/aromatic N) is 6. The zero-order valence-corrected chi connectivity index (χ0v) is 16.3. The number of aromatic nitrogens is 4. The van der Waals surface area contributed by atoms with Crippen molar-refractivity contribution in [1.29, 1.82) is 0 Å². The fraction of sp³-hybridized carbons (Fsp3) is 0.700. The zero-order valence-electron chi connectivity index (χ0n) is 16.3. The fourth-order valence-corrected chi connectivity index (χ4v) is 4.44. The first-order valence-corrected chi connectivity index (χ1v) is 10.5. The fourth-order valence-electron chi connectivity index (χ4n) is 4.44. The lowest BCUT2D eigenvalue weighted by Gasteiger charge is -2.35. The molecule has 2 aromatic heterocycles. The van der Waals surface area contributed by atoms with Crippen molar-refractivity contribution in [2.75, 3.05) is 31.1 Å². The van der Waals surface area contributed by atoms with Gasteiger partial charge in [-0.3, -0.25) is 9.20 Å². The van der Waals surface area contributed by atoms with E-state index in [4.69, 9.17) is 0 Å². The molecule has 0 N–H and O–H groups in total. The molecule has 2 aliphatic rings. The van der Waals surface area contributed by atoms with E-state index in [1.165, 1.54) is 31.4 Å². The van der Waals surface area contributed by atoms with Gasteiger partial charge in [0.2, 0.25) is 5.91 Å². The van der Waals surface area contributed by atoms with Crippen LogP contribution in [0.4, 0.5) is 5.82 Å². The van der Waals surface area contributed by atoms with Gasteiger partial charge in [-0.2, -0.15) is 4.98 Å². The molecular formula is C20H30N6O. The normalized spacial score (nSPS) is 18.6. The molecule has 7 heteroatoms. The van der Waals surface area contributed by atoms with E-state index in [0.29, 0.717) is 11.7 Å². The molecule has 0 bridgehead atoms. The van der Waals surface area contributed by atoms with Crippen LogP contribution in [0.5, 0.6) is 0 Å². The smallest absolute Gasteiger partial charge is 0.256 e. The third kappa shape index (κ3) is 4.06. The van der Waals surface area contributed by atoms with E-state index >= 15 is 0 Å². The van der Waals surface area contributed by atoms with Crippen molar-refractivity contribution in [2.24, 2.45) is 5.92 Å². The van der Waals surface area contributed by atoms with Crippen LogP contribution < -0.4 is 4.90 Å². The summed E-state index contributed by atoms with van der Waals surface area (Å²) in [5, 5.41) is 8.13. The molecule has 1 amide bonds. The van der Waals surface area contributed by atoms with Crippen LogP contribution in [0.3, 0.4) is 0 Å². The molecule has 1 aliphatic carbocycles. The van der Waals surface area contributed by atoms with Crippen LogP contribution in [-0.4, -0.2) is 56.6 Å². The Hall–Kier alpha value is -2.18. The summed E-state index contributed by atoms with van der Waals surface area (Å²) in [6.45, 7) is 5.40. The average molecular weight is 371 g/mol. The highest BCUT2D eigenvalue weighted by Gasteiger charge is 2.24. The zero-order chi connectivity index (χ0) is 18.6. The van der Waals surface area contributed by atoms with Crippen LogP contribution in [0, 0.1) is 5.92 Å². The first-order chi connectivity index (χ1) is 13.2. The molecule has 1 aliphatic heterocycles. The molecule has 2 fully saturated rings. The SMILES string of the molecule is CCCc1cc(N2CCN(C(=O)CCC3CCCC3)CC2)nc2nncn12. The highest BCUT2D eigenvalue weighted by Crippen LogP contribution is 2.29. The predicted molar refractivity (Wildman–Crippen MR) is 105 cm³/mol. The van der Waals surface area contributed by atoms with Gasteiger partial charge in [0.25, 0.3) is 5.78 Å². The highest BCUT2D eigenvalue weighted by atomic mass is 16.2. The Balaban J connectivity index is 1.36. The Kier molecular flexibility index (Phi) is 5.55. The number of hydrogen-bond donors (Lipinski definition) is 0. The second-order valence-electron chi connectivity index (χ2n) is 7.91. The quantitative estimate of drug-likeness (QED) is 0.782. The monoisotopic (exact) mass is 370 g/mol. The number of piperazine rings is 1. The maximum atomic E-state index is 12.5. The first kappa shape index (κ1) is 18.2. The molecule has 0 atom stereocenters. The van der Waals surface area contributed by atoms with Crippen LogP contribution in [-0.2, 0) is 11.2 Å². The van der Waals surface area contributed by atoms with Gasteiger partial charge in [0.05, 0.1) is 0 Å². The van der Waals surface area contributed by atoms with Gasteiger partial charge in [0, 0.05) is 44.4 Å². The number of rotatable bonds is 6. The van der Waals surface area contributed by atoms with Gasteiger partial charge >= 0.3 is 0 Å². The molecule has 7 nitrogen and oxygen atoms in total. The third-order valence-corrected chi connectivity index (χ3v) is 6.05. The number of anilines is 1. The molecular weight excluding hydrogens is 340 g/mol. The lowest BCUT2D eigenvalue weighted by Crippen LogP contribution is -2.49. The van der Waals surface area contributed by atoms with Crippen LogP contribution >= 0.6 is 0 Å². The van der Waals surface area contributed by atoms with E-state index in [2.05, 4.69) is 33.1 Å². The molecule has 4 rings (SSSR count). The number of carbonyl (C=O) groups excluding carboxylic acids is 1. The van der Waals surface area contributed by atoms with Crippen molar-refractivity contribution in [3.63, 3.8) is 0 Å². The van der Waals surface area contributed by atoms with Crippen molar-refractivity contribution in [1.82, 2.24) is 24.5 Å². The molecule has 1 saturated carbocycles. The van der Waals surface area contributed by atoms with Gasteiger partial charge in [-0.1, -0.05) is 39.0 Å². The molecule has 2 aromatic rings. The van der Waals surface area contributed by atoms with E-state index < -0.39 is 0 Å². The van der Waals surface area contributed by atoms with E-state index in [1.54, 1.807) is 6.33 Å². The van der Waals surface area contributed by atoms with Gasteiger partial charge < -0.3 is 9.80 Å². The van der Waals surface area contributed by atoms with Crippen molar-refractivity contribution in [2.45, 2.75) is 58.3 Å². The largest absolute Gasteiger partial charge is 0.353 e. The number of amides is 1. The van der Waals surface area contributed by atoms with Gasteiger partial charge in [0.1, 0.15) is 12.1 Å². The number of aryl methyl sites for hydroxylation is 1. The standard InChI is InChI=1S/C20H30N6O/c1-2-5-17-14-18(22-20-23-21-15-26(17)20)24-10-12-25(13-11-24)19(27)9-8-16-6-3-4-7-16/h14-16H,2-13H2,1H3. The topological polar surface area (TPSA) is 66.6 Å². The lowest BCUT2D eigenvalue weighted by molar-refractivity contribution is -0.131. The van der Waals surface area contributed by atoms with E-state index in [-0.39, 0.29) is 0 Å². The summed E-state index contributed by atoms with van der Waals surface area (Å²) in [5.41, 5.74) is 1.19. The maximum absolute atomic E-state index is 12.5. The Morgan fingerprint density at radius 3 is 2.70 bits per heavy atom. The van der Waals surface area contributed by atoms with Gasteiger partial charge in [-0.25, -0.2) is 0 Å². The van der Waals surface area contributed by atoms with E-state index in [9.17, 15) is 4.79 Å². The number of carbonyl (C=O) groups is 1. The number of fused-ring (bicyclic) bond motifs is 1. The minimum atomic E-state index is 0.328. The summed E-state index contributed by atoms with van der Waals surface area (Å²) in [5.74, 6) is 2.73. The Morgan fingerprint density at radius 2 is 1.96 bits per heavy atom. The third-order valence-electron chi connectivity index (χ3n) is 6.05. The Morgan fingerprint density at radius 1 is 1.19 bits per heavy atom. The minimum Gasteiger partial charge on any atom is -0.353 e. The van der Waals surface area contributed by atoms with Crippen molar-refractivity contribution >= 4 is 17.5 Å². The maximum Gasteiger partial charge on any atom is 0.256 e. The highest BCUT2D eigenvalue weighted by molar-refractivity contribution is 5.76. The second-order valence-corrected chi connectivity index (χ2v) is 7.91. The van der Waals surface area contributed by atoms with Gasteiger partial charge in [-0.15, -0.1) is 10.2 Å². The molecule has 0 aromatic carbocycles. The van der Waals surface area contributed by atoms with Crippen molar-refractivity contribution < 1.29 is 4.79 Å². The molecule has 27 heavy (non-hydrogen) atoms. The summed E-state index contributed by atoms with van der Waals surface area (Å²) in [4.78, 5) is 21.5. The molecule has 0 radical (unpaired) electrons. The lowest BCUT2D eigenvalue weighted by atomic mass is 10.0. The second kappa shape index (κ2) is 8.23. The van der Waals surface area contributed by atoms with Crippen LogP contribution in [0.25, 0.3) is 5.78 Å². The molecule has 0 unspecified atom stereocenters. The summed E-state index contributed by atoms with van der Waals surface area (Å²) in [6, 6.07) is 2.15. The Bertz CT molecular complexity index is 774. The van der Waals surface area contributed by atoms with Crippen molar-refractivity contribution in [3.8, 4) is 0 Å². The summed E-state index contributed by atoms with van der Waals surface area (Å²) in [6.07, 6.45) is 10.9. The van der Waals surface area contributed by atoms with E-state index in [0.717, 1.165) is 63.6 Å². The minimum absolute atomic E-state index is 0.328. The predicted octanol–water partition coefficient (Wildman–Crippen LogP) is 2.70. The summed E-state index contributed by atoms with van der Waals surface area (Å²) in [7, 11) is 0. The number of hydrogen-bond acceptors (Lipinski definition) is 5. The van der Waals surface area contributed by atoms with Crippen LogP contribution in [0.2, 0.25) is 0 Å². The Labute approximate surface area is 160 Å². The van der Waals surface area contributed by atoms with Crippen LogP contribution in [0.15, 0.2) is 12.4 Å². The average Bonchev–Trinajstić information content (AvgIpc) is 3.38. The first-order valence-electron chi connectivity index (χ1n) is 10.5. The summed E-state index contributed by atoms with van der Waals surface area (Å²) < 4.78 is 1.97.